The highest BCUT2D eigenvalue weighted by Crippen LogP contribution is 2.22. The van der Waals surface area contributed by atoms with E-state index >= 15 is 0 Å². The number of fused-ring (bicyclic) bond motifs is 1. The molecule has 110 valence electrons. The predicted molar refractivity (Wildman–Crippen MR) is 80.6 cm³/mol. The highest BCUT2D eigenvalue weighted by molar-refractivity contribution is 7.07. The Labute approximate surface area is 127 Å². The van der Waals surface area contributed by atoms with Crippen LogP contribution in [0.4, 0.5) is 0 Å². The number of hydrogen-bond acceptors (Lipinski definition) is 5. The van der Waals surface area contributed by atoms with Gasteiger partial charge in [-0.2, -0.15) is 11.3 Å². The van der Waals surface area contributed by atoms with E-state index in [0.717, 1.165) is 29.7 Å². The summed E-state index contributed by atoms with van der Waals surface area (Å²) in [7, 11) is 1.62. The molecule has 0 aromatic carbocycles. The van der Waals surface area contributed by atoms with Gasteiger partial charge in [-0.25, -0.2) is 9.97 Å². The number of carbonyl (C=O) groups excluding carboxylic acids is 1. The summed E-state index contributed by atoms with van der Waals surface area (Å²) in [5.74, 6) is 0.806. The van der Waals surface area contributed by atoms with E-state index in [0.29, 0.717) is 25.4 Å². The first-order valence-corrected chi connectivity index (χ1v) is 7.88. The smallest absolute Gasteiger partial charge is 0.227 e. The predicted octanol–water partition coefficient (Wildman–Crippen LogP) is 1.72. The van der Waals surface area contributed by atoms with Crippen LogP contribution < -0.4 is 4.74 Å². The van der Waals surface area contributed by atoms with E-state index in [1.165, 1.54) is 6.33 Å². The maximum atomic E-state index is 12.4. The van der Waals surface area contributed by atoms with Crippen LogP contribution in [0.2, 0.25) is 0 Å². The van der Waals surface area contributed by atoms with Gasteiger partial charge in [-0.1, -0.05) is 0 Å². The Kier molecular flexibility index (Phi) is 4.15. The number of aromatic nitrogens is 2. The van der Waals surface area contributed by atoms with Gasteiger partial charge in [-0.15, -0.1) is 0 Å². The summed E-state index contributed by atoms with van der Waals surface area (Å²) in [6.07, 6.45) is 3.50. The summed E-state index contributed by atoms with van der Waals surface area (Å²) < 4.78 is 5.30. The Morgan fingerprint density at radius 3 is 3.00 bits per heavy atom. The van der Waals surface area contributed by atoms with Crippen molar-refractivity contribution in [2.45, 2.75) is 19.3 Å². The summed E-state index contributed by atoms with van der Waals surface area (Å²) >= 11 is 1.62. The Hall–Kier alpha value is -1.95. The highest BCUT2D eigenvalue weighted by Gasteiger charge is 2.22. The Morgan fingerprint density at radius 1 is 1.38 bits per heavy atom. The average Bonchev–Trinajstić information content (AvgIpc) is 2.90. The monoisotopic (exact) mass is 303 g/mol. The van der Waals surface area contributed by atoms with Crippen LogP contribution in [0.5, 0.6) is 5.88 Å². The third kappa shape index (κ3) is 3.05. The first-order chi connectivity index (χ1) is 10.3. The molecular formula is C15H17N3O2S. The molecule has 1 aliphatic heterocycles. The molecule has 3 rings (SSSR count). The van der Waals surface area contributed by atoms with Crippen LogP contribution in [0, 0.1) is 0 Å². The van der Waals surface area contributed by atoms with E-state index in [-0.39, 0.29) is 5.91 Å². The van der Waals surface area contributed by atoms with E-state index in [1.54, 1.807) is 18.4 Å². The van der Waals surface area contributed by atoms with E-state index in [4.69, 9.17) is 4.74 Å². The molecule has 0 atom stereocenters. The minimum atomic E-state index is 0.174. The van der Waals surface area contributed by atoms with Crippen LogP contribution in [0.25, 0.3) is 0 Å². The highest BCUT2D eigenvalue weighted by atomic mass is 32.1. The molecule has 0 saturated heterocycles. The normalized spacial score (nSPS) is 14.4. The van der Waals surface area contributed by atoms with Crippen LogP contribution >= 0.6 is 11.3 Å². The van der Waals surface area contributed by atoms with Crippen molar-refractivity contribution in [1.82, 2.24) is 14.9 Å². The number of rotatable bonds is 3. The van der Waals surface area contributed by atoms with Crippen LogP contribution in [0.15, 0.2) is 23.2 Å². The number of nitrogens with zero attached hydrogens (tertiary/aromatic N) is 3. The number of carbonyl (C=O) groups is 1. The van der Waals surface area contributed by atoms with Crippen molar-refractivity contribution in [2.24, 2.45) is 0 Å². The zero-order valence-electron chi connectivity index (χ0n) is 11.9. The molecule has 5 nitrogen and oxygen atoms in total. The zero-order valence-corrected chi connectivity index (χ0v) is 12.7. The molecule has 1 aliphatic rings. The lowest BCUT2D eigenvalue weighted by Gasteiger charge is -2.19. The number of amides is 1. The molecule has 0 saturated carbocycles. The van der Waals surface area contributed by atoms with E-state index in [9.17, 15) is 4.79 Å². The first-order valence-electron chi connectivity index (χ1n) is 6.93. The summed E-state index contributed by atoms with van der Waals surface area (Å²) in [5, 5.41) is 4.03. The van der Waals surface area contributed by atoms with Crippen LogP contribution in [-0.2, 0) is 24.1 Å². The second kappa shape index (κ2) is 6.22. The van der Waals surface area contributed by atoms with Gasteiger partial charge in [0, 0.05) is 25.1 Å². The Morgan fingerprint density at radius 2 is 2.24 bits per heavy atom. The molecule has 0 radical (unpaired) electrons. The minimum absolute atomic E-state index is 0.174. The molecule has 0 fully saturated rings. The van der Waals surface area contributed by atoms with Gasteiger partial charge in [-0.05, 0) is 28.8 Å². The maximum Gasteiger partial charge on any atom is 0.227 e. The van der Waals surface area contributed by atoms with Gasteiger partial charge in [-0.3, -0.25) is 4.79 Å². The lowest BCUT2D eigenvalue weighted by Crippen LogP contribution is -2.34. The fourth-order valence-corrected chi connectivity index (χ4v) is 3.27. The van der Waals surface area contributed by atoms with Gasteiger partial charge < -0.3 is 9.64 Å². The van der Waals surface area contributed by atoms with Gasteiger partial charge in [0.15, 0.2) is 0 Å². The number of methoxy groups -OCH3 is 1. The molecule has 0 spiro atoms. The summed E-state index contributed by atoms with van der Waals surface area (Å²) in [6, 6.07) is 2.00. The Balaban J connectivity index is 1.71. The fraction of sp³-hybridized carbons (Fsp3) is 0.400. The summed E-state index contributed by atoms with van der Waals surface area (Å²) in [5.41, 5.74) is 3.11. The van der Waals surface area contributed by atoms with Gasteiger partial charge in [0.05, 0.1) is 19.2 Å². The molecule has 0 N–H and O–H groups in total. The lowest BCUT2D eigenvalue weighted by molar-refractivity contribution is -0.130. The number of thiophene rings is 1. The van der Waals surface area contributed by atoms with Crippen LogP contribution in [0.1, 0.15) is 16.8 Å². The van der Waals surface area contributed by atoms with Gasteiger partial charge in [0.25, 0.3) is 0 Å². The first kappa shape index (κ1) is 14.0. The van der Waals surface area contributed by atoms with E-state index in [2.05, 4.69) is 9.97 Å². The third-order valence-electron chi connectivity index (χ3n) is 3.73. The Bertz CT molecular complexity index is 628. The molecule has 0 unspecified atom stereocenters. The number of hydrogen-bond donors (Lipinski definition) is 0. The summed E-state index contributed by atoms with van der Waals surface area (Å²) in [4.78, 5) is 22.8. The quantitative estimate of drug-likeness (QED) is 0.866. The second-order valence-electron chi connectivity index (χ2n) is 5.00. The van der Waals surface area contributed by atoms with E-state index in [1.807, 2.05) is 21.7 Å². The van der Waals surface area contributed by atoms with Crippen molar-refractivity contribution in [3.8, 4) is 5.88 Å². The number of ether oxygens (including phenoxy) is 1. The molecule has 0 aliphatic carbocycles. The van der Waals surface area contributed by atoms with Crippen molar-refractivity contribution in [3.63, 3.8) is 0 Å². The average molecular weight is 303 g/mol. The molecule has 1 amide bonds. The van der Waals surface area contributed by atoms with E-state index < -0.39 is 0 Å². The minimum Gasteiger partial charge on any atom is -0.481 e. The molecule has 6 heteroatoms. The van der Waals surface area contributed by atoms with Gasteiger partial charge in [0.1, 0.15) is 6.33 Å². The van der Waals surface area contributed by atoms with Crippen molar-refractivity contribution in [1.29, 1.82) is 0 Å². The van der Waals surface area contributed by atoms with Crippen molar-refractivity contribution in [2.75, 3.05) is 20.2 Å². The van der Waals surface area contributed by atoms with Crippen LogP contribution in [0.3, 0.4) is 0 Å². The van der Waals surface area contributed by atoms with Crippen molar-refractivity contribution >= 4 is 17.2 Å². The van der Waals surface area contributed by atoms with Crippen molar-refractivity contribution < 1.29 is 9.53 Å². The topological polar surface area (TPSA) is 55.3 Å². The standard InChI is InChI=1S/C15H17N3O2S/c1-20-15-12-2-5-18(6-3-13(12)16-10-17-15)14(19)8-11-4-7-21-9-11/h4,7,9-10H,2-3,5-6,8H2,1H3. The zero-order chi connectivity index (χ0) is 14.7. The lowest BCUT2D eigenvalue weighted by atomic mass is 10.1. The fourth-order valence-electron chi connectivity index (χ4n) is 2.60. The van der Waals surface area contributed by atoms with Crippen molar-refractivity contribution in [3.05, 3.63) is 40.0 Å². The third-order valence-corrected chi connectivity index (χ3v) is 4.46. The van der Waals surface area contributed by atoms with Gasteiger partial charge in [0.2, 0.25) is 11.8 Å². The maximum absolute atomic E-state index is 12.4. The molecule has 2 aromatic heterocycles. The molecular weight excluding hydrogens is 286 g/mol. The molecule has 3 heterocycles. The molecule has 2 aromatic rings. The molecule has 21 heavy (non-hydrogen) atoms. The van der Waals surface area contributed by atoms with Gasteiger partial charge >= 0.3 is 0 Å². The van der Waals surface area contributed by atoms with Crippen LogP contribution in [-0.4, -0.2) is 41.0 Å². The largest absolute Gasteiger partial charge is 0.481 e. The SMILES string of the molecule is COc1ncnc2c1CCN(C(=O)Cc1ccsc1)CC2. The molecule has 0 bridgehead atoms. The second-order valence-corrected chi connectivity index (χ2v) is 5.78. The summed E-state index contributed by atoms with van der Waals surface area (Å²) in [6.45, 7) is 1.40.